The number of nitrogens with zero attached hydrogens (tertiary/aromatic N) is 1. The third kappa shape index (κ3) is 3.33. The van der Waals surface area contributed by atoms with Crippen LogP contribution < -0.4 is 5.32 Å². The van der Waals surface area contributed by atoms with E-state index < -0.39 is 0 Å². The van der Waals surface area contributed by atoms with Crippen molar-refractivity contribution in [2.24, 2.45) is 5.92 Å². The lowest BCUT2D eigenvalue weighted by Crippen LogP contribution is -2.31. The van der Waals surface area contributed by atoms with E-state index in [0.717, 1.165) is 5.92 Å². The molecule has 1 unspecified atom stereocenters. The maximum Gasteiger partial charge on any atom is 0.0347 e. The molecule has 0 spiro atoms. The molecule has 1 aromatic carbocycles. The van der Waals surface area contributed by atoms with Gasteiger partial charge in [-0.1, -0.05) is 24.3 Å². The van der Waals surface area contributed by atoms with Crippen molar-refractivity contribution in [2.45, 2.75) is 32.2 Å². The van der Waals surface area contributed by atoms with E-state index in [9.17, 15) is 0 Å². The van der Waals surface area contributed by atoms with Crippen molar-refractivity contribution >= 4 is 0 Å². The van der Waals surface area contributed by atoms with Gasteiger partial charge in [0, 0.05) is 6.04 Å². The van der Waals surface area contributed by atoms with Crippen LogP contribution in [0.25, 0.3) is 0 Å². The van der Waals surface area contributed by atoms with Crippen LogP contribution in [-0.2, 0) is 0 Å². The van der Waals surface area contributed by atoms with E-state index in [4.69, 9.17) is 0 Å². The van der Waals surface area contributed by atoms with Gasteiger partial charge >= 0.3 is 0 Å². The first-order chi connectivity index (χ1) is 8.68. The summed E-state index contributed by atoms with van der Waals surface area (Å²) in [6.45, 7) is 4.62. The van der Waals surface area contributed by atoms with Gasteiger partial charge in [-0.05, 0) is 70.4 Å². The molecule has 18 heavy (non-hydrogen) atoms. The maximum absolute atomic E-state index is 3.45. The largest absolute Gasteiger partial charge is 0.317 e. The molecule has 0 aromatic heterocycles. The molecular weight excluding hydrogens is 220 g/mol. The number of rotatable bonds is 4. The molecular formula is C16H26N2. The topological polar surface area (TPSA) is 15.3 Å². The zero-order chi connectivity index (χ0) is 13.0. The molecule has 2 nitrogen and oxygen atoms in total. The molecule has 2 heteroatoms. The molecule has 1 aromatic rings. The molecule has 0 saturated carbocycles. The quantitative estimate of drug-likeness (QED) is 0.878. The minimum atomic E-state index is 0.564. The van der Waals surface area contributed by atoms with E-state index in [1.807, 2.05) is 0 Å². The molecule has 1 heterocycles. The summed E-state index contributed by atoms with van der Waals surface area (Å²) in [5.74, 6) is 0.873. The number of hydrogen-bond donors (Lipinski definition) is 1. The Morgan fingerprint density at radius 3 is 2.50 bits per heavy atom. The zero-order valence-corrected chi connectivity index (χ0v) is 11.9. The van der Waals surface area contributed by atoms with E-state index >= 15 is 0 Å². The van der Waals surface area contributed by atoms with Crippen LogP contribution >= 0.6 is 0 Å². The van der Waals surface area contributed by atoms with Gasteiger partial charge in [-0.2, -0.15) is 0 Å². The van der Waals surface area contributed by atoms with Crippen LogP contribution in [0, 0.1) is 12.8 Å². The SMILES string of the molecule is Cc1ccccc1C(CC1CCNCC1)N(C)C. The summed E-state index contributed by atoms with van der Waals surface area (Å²) in [6.07, 6.45) is 3.95. The Bertz CT molecular complexity index is 367. The van der Waals surface area contributed by atoms with Gasteiger partial charge in [0.1, 0.15) is 0 Å². The number of nitrogens with one attached hydrogen (secondary N) is 1. The van der Waals surface area contributed by atoms with Crippen molar-refractivity contribution in [3.05, 3.63) is 35.4 Å². The van der Waals surface area contributed by atoms with E-state index in [0.29, 0.717) is 6.04 Å². The van der Waals surface area contributed by atoms with Crippen LogP contribution in [-0.4, -0.2) is 32.1 Å². The Kier molecular flexibility index (Phi) is 4.79. The summed E-state index contributed by atoms with van der Waals surface area (Å²) in [5.41, 5.74) is 2.92. The van der Waals surface area contributed by atoms with E-state index in [-0.39, 0.29) is 0 Å². The van der Waals surface area contributed by atoms with Crippen molar-refractivity contribution in [3.63, 3.8) is 0 Å². The molecule has 0 bridgehead atoms. The molecule has 1 saturated heterocycles. The minimum absolute atomic E-state index is 0.564. The van der Waals surface area contributed by atoms with Gasteiger partial charge in [0.15, 0.2) is 0 Å². The molecule has 1 aliphatic heterocycles. The standard InChI is InChI=1S/C16H26N2/c1-13-6-4-5-7-15(13)16(18(2)3)12-14-8-10-17-11-9-14/h4-7,14,16-17H,8-12H2,1-3H3. The Balaban J connectivity index is 2.10. The fourth-order valence-electron chi connectivity index (χ4n) is 3.01. The smallest absolute Gasteiger partial charge is 0.0347 e. The highest BCUT2D eigenvalue weighted by molar-refractivity contribution is 5.28. The Morgan fingerprint density at radius 1 is 1.22 bits per heavy atom. The minimum Gasteiger partial charge on any atom is -0.317 e. The monoisotopic (exact) mass is 246 g/mol. The first-order valence-corrected chi connectivity index (χ1v) is 7.11. The fourth-order valence-corrected chi connectivity index (χ4v) is 3.01. The molecule has 1 aliphatic rings. The third-order valence-corrected chi connectivity index (χ3v) is 4.19. The second-order valence-electron chi connectivity index (χ2n) is 5.77. The highest BCUT2D eigenvalue weighted by atomic mass is 15.1. The van der Waals surface area contributed by atoms with Gasteiger partial charge in [-0.15, -0.1) is 0 Å². The summed E-state index contributed by atoms with van der Waals surface area (Å²) < 4.78 is 0. The second kappa shape index (κ2) is 6.35. The van der Waals surface area contributed by atoms with E-state index in [1.54, 1.807) is 0 Å². The van der Waals surface area contributed by atoms with Crippen LogP contribution in [0.1, 0.15) is 36.4 Å². The van der Waals surface area contributed by atoms with Crippen molar-refractivity contribution < 1.29 is 0 Å². The summed E-state index contributed by atoms with van der Waals surface area (Å²) >= 11 is 0. The van der Waals surface area contributed by atoms with Gasteiger partial charge in [-0.3, -0.25) is 0 Å². The van der Waals surface area contributed by atoms with Gasteiger partial charge < -0.3 is 10.2 Å². The predicted octanol–water partition coefficient (Wildman–Crippen LogP) is 2.99. The first kappa shape index (κ1) is 13.6. The van der Waals surface area contributed by atoms with Gasteiger partial charge in [0.2, 0.25) is 0 Å². The van der Waals surface area contributed by atoms with Crippen LogP contribution in [0.4, 0.5) is 0 Å². The molecule has 1 N–H and O–H groups in total. The first-order valence-electron chi connectivity index (χ1n) is 7.11. The molecule has 0 radical (unpaired) electrons. The molecule has 1 fully saturated rings. The summed E-state index contributed by atoms with van der Waals surface area (Å²) in [6, 6.07) is 9.39. The fraction of sp³-hybridized carbons (Fsp3) is 0.625. The number of piperidine rings is 1. The maximum atomic E-state index is 3.45. The second-order valence-corrected chi connectivity index (χ2v) is 5.77. The highest BCUT2D eigenvalue weighted by Crippen LogP contribution is 2.31. The van der Waals surface area contributed by atoms with Crippen molar-refractivity contribution in [2.75, 3.05) is 27.2 Å². The Labute approximate surface area is 111 Å². The molecule has 2 rings (SSSR count). The summed E-state index contributed by atoms with van der Waals surface area (Å²) in [4.78, 5) is 2.38. The van der Waals surface area contributed by atoms with Gasteiger partial charge in [-0.25, -0.2) is 0 Å². The molecule has 1 atom stereocenters. The number of aryl methyl sites for hydroxylation is 1. The molecule has 0 aliphatic carbocycles. The van der Waals surface area contributed by atoms with Crippen LogP contribution in [0.5, 0.6) is 0 Å². The molecule has 100 valence electrons. The predicted molar refractivity (Wildman–Crippen MR) is 77.8 cm³/mol. The van der Waals surface area contributed by atoms with Gasteiger partial charge in [0.25, 0.3) is 0 Å². The Hall–Kier alpha value is -0.860. The van der Waals surface area contributed by atoms with Crippen molar-refractivity contribution in [1.82, 2.24) is 10.2 Å². The normalized spacial score (nSPS) is 19.1. The van der Waals surface area contributed by atoms with E-state index in [1.165, 1.54) is 43.5 Å². The molecule has 0 amide bonds. The average molecular weight is 246 g/mol. The van der Waals surface area contributed by atoms with Crippen LogP contribution in [0.3, 0.4) is 0 Å². The van der Waals surface area contributed by atoms with Gasteiger partial charge in [0.05, 0.1) is 0 Å². The summed E-state index contributed by atoms with van der Waals surface area (Å²) in [7, 11) is 4.41. The lowest BCUT2D eigenvalue weighted by atomic mass is 9.86. The lowest BCUT2D eigenvalue weighted by molar-refractivity contribution is 0.222. The van der Waals surface area contributed by atoms with Crippen LogP contribution in [0.15, 0.2) is 24.3 Å². The Morgan fingerprint density at radius 2 is 1.89 bits per heavy atom. The third-order valence-electron chi connectivity index (χ3n) is 4.19. The zero-order valence-electron chi connectivity index (χ0n) is 11.9. The van der Waals surface area contributed by atoms with Crippen LogP contribution in [0.2, 0.25) is 0 Å². The van der Waals surface area contributed by atoms with Crippen molar-refractivity contribution in [1.29, 1.82) is 0 Å². The highest BCUT2D eigenvalue weighted by Gasteiger charge is 2.22. The average Bonchev–Trinajstić information content (AvgIpc) is 2.38. The summed E-state index contributed by atoms with van der Waals surface area (Å²) in [5, 5.41) is 3.45. The number of benzene rings is 1. The van der Waals surface area contributed by atoms with E-state index in [2.05, 4.69) is 55.5 Å². The lowest BCUT2D eigenvalue weighted by Gasteiger charge is -2.32. The number of hydrogen-bond acceptors (Lipinski definition) is 2. The van der Waals surface area contributed by atoms with Crippen molar-refractivity contribution in [3.8, 4) is 0 Å².